The number of hydrogen-bond donors (Lipinski definition) is 1. The zero-order chi connectivity index (χ0) is 25.3. The van der Waals surface area contributed by atoms with Gasteiger partial charge in [-0.15, -0.1) is 0 Å². The molecule has 0 aliphatic carbocycles. The Morgan fingerprint density at radius 3 is 2.53 bits per heavy atom. The van der Waals surface area contributed by atoms with Crippen LogP contribution in [-0.2, 0) is 6.42 Å². The number of rotatable bonds is 9. The lowest BCUT2D eigenvalue weighted by molar-refractivity contribution is 0.290. The van der Waals surface area contributed by atoms with E-state index in [2.05, 4.69) is 41.0 Å². The molecule has 0 amide bonds. The van der Waals surface area contributed by atoms with Crippen molar-refractivity contribution in [2.24, 2.45) is 10.7 Å². The van der Waals surface area contributed by atoms with Gasteiger partial charge in [0.15, 0.2) is 0 Å². The van der Waals surface area contributed by atoms with E-state index in [1.54, 1.807) is 12.3 Å². The first-order valence-corrected chi connectivity index (χ1v) is 13.2. The first kappa shape index (κ1) is 25.5. The lowest BCUT2D eigenvalue weighted by atomic mass is 10.1. The lowest BCUT2D eigenvalue weighted by Crippen LogP contribution is -2.31. The molecule has 36 heavy (non-hydrogen) atoms. The molecule has 2 aliphatic rings. The highest BCUT2D eigenvalue weighted by Crippen LogP contribution is 2.30. The second-order valence-electron chi connectivity index (χ2n) is 9.54. The molecule has 0 spiro atoms. The van der Waals surface area contributed by atoms with Crippen LogP contribution >= 0.6 is 0 Å². The Hall–Kier alpha value is -3.59. The van der Waals surface area contributed by atoms with E-state index in [0.717, 1.165) is 49.4 Å². The minimum atomic E-state index is -0.532. The Bertz CT molecular complexity index is 1170. The number of nitrogens with zero attached hydrogens (tertiary/aromatic N) is 4. The van der Waals surface area contributed by atoms with Gasteiger partial charge in [0.05, 0.1) is 23.5 Å². The fraction of sp³-hybridized carbons (Fsp3) is 0.400. The average Bonchev–Trinajstić information content (AvgIpc) is 3.35. The Kier molecular flexibility index (Phi) is 8.78. The fourth-order valence-electron chi connectivity index (χ4n) is 4.97. The molecule has 0 atom stereocenters. The van der Waals surface area contributed by atoms with Crippen molar-refractivity contribution in [3.63, 3.8) is 0 Å². The van der Waals surface area contributed by atoms with E-state index in [9.17, 15) is 9.65 Å². The molecule has 1 fully saturated rings. The van der Waals surface area contributed by atoms with E-state index in [-0.39, 0.29) is 5.56 Å². The number of halogens is 1. The highest BCUT2D eigenvalue weighted by atomic mass is 19.1. The summed E-state index contributed by atoms with van der Waals surface area (Å²) >= 11 is 0. The summed E-state index contributed by atoms with van der Waals surface area (Å²) in [5.74, 6) is 0.152. The zero-order valence-electron chi connectivity index (χ0n) is 21.2. The number of amidine groups is 1. The number of aliphatic imine (C=N–C) groups is 1. The lowest BCUT2D eigenvalue weighted by Gasteiger charge is -2.30. The van der Waals surface area contributed by atoms with Crippen LogP contribution in [0.15, 0.2) is 71.1 Å². The largest absolute Gasteiger partial charge is 0.405 e. The molecule has 0 aromatic heterocycles. The van der Waals surface area contributed by atoms with E-state index in [0.29, 0.717) is 17.9 Å². The normalized spacial score (nSPS) is 17.4. The predicted molar refractivity (Wildman–Crippen MR) is 145 cm³/mol. The summed E-state index contributed by atoms with van der Waals surface area (Å²) < 4.78 is 14.6. The van der Waals surface area contributed by atoms with Crippen LogP contribution in [0, 0.1) is 17.1 Å². The predicted octanol–water partition coefficient (Wildman–Crippen LogP) is 6.26. The molecular formula is C30H36FN5. The van der Waals surface area contributed by atoms with Gasteiger partial charge >= 0.3 is 0 Å². The van der Waals surface area contributed by atoms with Crippen LogP contribution < -0.4 is 10.6 Å². The van der Waals surface area contributed by atoms with Crippen molar-refractivity contribution in [1.82, 2.24) is 4.90 Å². The second-order valence-corrected chi connectivity index (χ2v) is 9.54. The first-order chi connectivity index (χ1) is 17.6. The van der Waals surface area contributed by atoms with Crippen molar-refractivity contribution in [3.05, 3.63) is 88.6 Å². The molecule has 188 valence electrons. The Morgan fingerprint density at radius 1 is 1.08 bits per heavy atom. The molecular weight excluding hydrogens is 449 g/mol. The number of nitriles is 1. The van der Waals surface area contributed by atoms with Gasteiger partial charge in [0.25, 0.3) is 0 Å². The third-order valence-corrected chi connectivity index (χ3v) is 6.97. The van der Waals surface area contributed by atoms with E-state index in [4.69, 9.17) is 10.7 Å². The highest BCUT2D eigenvalue weighted by molar-refractivity contribution is 6.12. The number of benzene rings is 2. The number of allylic oxidation sites excluding steroid dienone is 1. The van der Waals surface area contributed by atoms with Gasteiger partial charge in [0.1, 0.15) is 17.7 Å². The van der Waals surface area contributed by atoms with Crippen LogP contribution in [0.1, 0.15) is 68.6 Å². The van der Waals surface area contributed by atoms with Gasteiger partial charge < -0.3 is 15.5 Å². The van der Waals surface area contributed by atoms with Gasteiger partial charge in [-0.05, 0) is 80.3 Å². The number of hydrogen-bond acceptors (Lipinski definition) is 5. The molecule has 0 bridgehead atoms. The van der Waals surface area contributed by atoms with E-state index in [1.807, 2.05) is 12.1 Å². The third kappa shape index (κ3) is 5.96. The van der Waals surface area contributed by atoms with Crippen molar-refractivity contribution in [2.45, 2.75) is 58.3 Å². The van der Waals surface area contributed by atoms with Gasteiger partial charge in [-0.1, -0.05) is 38.3 Å². The van der Waals surface area contributed by atoms with Gasteiger partial charge in [0.2, 0.25) is 0 Å². The maximum atomic E-state index is 14.6. The fourth-order valence-corrected chi connectivity index (χ4v) is 4.97. The van der Waals surface area contributed by atoms with E-state index < -0.39 is 5.82 Å². The molecule has 0 saturated carbocycles. The first-order valence-electron chi connectivity index (χ1n) is 13.2. The van der Waals surface area contributed by atoms with Crippen LogP contribution in [0.25, 0.3) is 0 Å². The monoisotopic (exact) mass is 485 g/mol. The van der Waals surface area contributed by atoms with Crippen molar-refractivity contribution < 1.29 is 4.39 Å². The molecule has 0 unspecified atom stereocenters. The molecule has 2 N–H and O–H groups in total. The molecule has 2 aromatic carbocycles. The summed E-state index contributed by atoms with van der Waals surface area (Å²) in [5.41, 5.74) is 10.8. The quantitative estimate of drug-likeness (QED) is 0.426. The maximum Gasteiger partial charge on any atom is 0.141 e. The number of anilines is 1. The average molecular weight is 486 g/mol. The van der Waals surface area contributed by atoms with E-state index >= 15 is 0 Å². The van der Waals surface area contributed by atoms with Crippen molar-refractivity contribution >= 4 is 11.5 Å². The molecule has 4 rings (SSSR count). The van der Waals surface area contributed by atoms with Crippen LogP contribution in [0.3, 0.4) is 0 Å². The Balaban J connectivity index is 1.69. The Morgan fingerprint density at radius 2 is 1.86 bits per heavy atom. The van der Waals surface area contributed by atoms with E-state index in [1.165, 1.54) is 49.8 Å². The minimum Gasteiger partial charge on any atom is -0.405 e. The molecule has 2 aromatic rings. The van der Waals surface area contributed by atoms with Gasteiger partial charge in [-0.3, -0.25) is 0 Å². The summed E-state index contributed by atoms with van der Waals surface area (Å²) in [6, 6.07) is 15.3. The number of aryl methyl sites for hydroxylation is 1. The number of piperidine rings is 1. The van der Waals surface area contributed by atoms with Crippen LogP contribution in [-0.4, -0.2) is 30.4 Å². The smallest absolute Gasteiger partial charge is 0.141 e. The summed E-state index contributed by atoms with van der Waals surface area (Å²) in [6.07, 6.45) is 13.1. The summed E-state index contributed by atoms with van der Waals surface area (Å²) in [5, 5.41) is 9.18. The Labute approximate surface area is 214 Å². The standard InChI is InChI=1S/C30H36FN5/c1-2-3-4-6-9-23-10-14-26(15-11-23)36-22-28(29(16-17-32)35-18-7-5-8-19-35)34-30(36)24-12-13-25(21-33)27(31)20-24/h10-17,20H,2-9,18-19,22,32H2,1H3/b17-16-,29-28-. The number of nitrogens with two attached hydrogens (primary N) is 1. The molecule has 2 heterocycles. The van der Waals surface area contributed by atoms with Gasteiger partial charge in [0, 0.05) is 24.3 Å². The molecule has 6 heteroatoms. The van der Waals surface area contributed by atoms with Crippen LogP contribution in [0.2, 0.25) is 0 Å². The topological polar surface area (TPSA) is 68.7 Å². The van der Waals surface area contributed by atoms with Crippen LogP contribution in [0.4, 0.5) is 10.1 Å². The second kappa shape index (κ2) is 12.4. The summed E-state index contributed by atoms with van der Waals surface area (Å²) in [7, 11) is 0. The molecule has 0 radical (unpaired) electrons. The maximum absolute atomic E-state index is 14.6. The summed E-state index contributed by atoms with van der Waals surface area (Å²) in [4.78, 5) is 9.51. The van der Waals surface area contributed by atoms with Crippen molar-refractivity contribution in [3.8, 4) is 6.07 Å². The molecule has 5 nitrogen and oxygen atoms in total. The van der Waals surface area contributed by atoms with Gasteiger partial charge in [-0.25, -0.2) is 9.38 Å². The van der Waals surface area contributed by atoms with Crippen LogP contribution in [0.5, 0.6) is 0 Å². The number of likely N-dealkylation sites (tertiary alicyclic amines) is 1. The van der Waals surface area contributed by atoms with Crippen molar-refractivity contribution in [1.29, 1.82) is 5.26 Å². The zero-order valence-corrected chi connectivity index (χ0v) is 21.2. The third-order valence-electron chi connectivity index (χ3n) is 6.97. The SMILES string of the molecule is CCCCCCc1ccc(N2C/C(=C(\C=C/N)N3CCCCC3)N=C2c2ccc(C#N)c(F)c2)cc1. The molecule has 2 aliphatic heterocycles. The summed E-state index contributed by atoms with van der Waals surface area (Å²) in [6.45, 7) is 4.76. The van der Waals surface area contributed by atoms with Crippen molar-refractivity contribution in [2.75, 3.05) is 24.5 Å². The highest BCUT2D eigenvalue weighted by Gasteiger charge is 2.28. The number of unbranched alkanes of at least 4 members (excludes halogenated alkanes) is 3. The molecule has 1 saturated heterocycles. The minimum absolute atomic E-state index is 0.0344. The van der Waals surface area contributed by atoms with Gasteiger partial charge in [-0.2, -0.15) is 5.26 Å².